The highest BCUT2D eigenvalue weighted by molar-refractivity contribution is 9.10. The number of nitrogens with zero attached hydrogens (tertiary/aromatic N) is 1. The van der Waals surface area contributed by atoms with E-state index in [4.69, 9.17) is 9.47 Å². The first-order chi connectivity index (χ1) is 11.5. The van der Waals surface area contributed by atoms with Crippen LogP contribution in [0.3, 0.4) is 0 Å². The summed E-state index contributed by atoms with van der Waals surface area (Å²) in [5, 5.41) is 3.80. The summed E-state index contributed by atoms with van der Waals surface area (Å²) in [6, 6.07) is 11.5. The van der Waals surface area contributed by atoms with Crippen molar-refractivity contribution in [3.8, 4) is 11.5 Å². The van der Waals surface area contributed by atoms with Crippen LogP contribution < -0.4 is 14.3 Å². The standard InChI is InChI=1S/C16H17BrN2O4S/c1-3-23-14-5-7-15(8-6-14)24(20,21)19-18-11-12-10-13(17)4-9-16(12)22-2/h4-11,19H,3H2,1-2H3/b18-11+. The van der Waals surface area contributed by atoms with E-state index in [1.807, 2.05) is 13.0 Å². The third-order valence-electron chi connectivity index (χ3n) is 3.01. The lowest BCUT2D eigenvalue weighted by molar-refractivity contribution is 0.340. The summed E-state index contributed by atoms with van der Waals surface area (Å²) in [5.41, 5.74) is 0.640. The number of hydrazone groups is 1. The zero-order valence-corrected chi connectivity index (χ0v) is 15.6. The fourth-order valence-electron chi connectivity index (χ4n) is 1.91. The van der Waals surface area contributed by atoms with E-state index in [9.17, 15) is 8.42 Å². The van der Waals surface area contributed by atoms with Gasteiger partial charge in [0.25, 0.3) is 10.0 Å². The van der Waals surface area contributed by atoms with Crippen LogP contribution in [0, 0.1) is 0 Å². The average Bonchev–Trinajstić information content (AvgIpc) is 2.56. The zero-order chi connectivity index (χ0) is 17.6. The number of hydrogen-bond donors (Lipinski definition) is 1. The van der Waals surface area contributed by atoms with Crippen molar-refractivity contribution in [3.63, 3.8) is 0 Å². The summed E-state index contributed by atoms with van der Waals surface area (Å²) in [5.74, 6) is 1.20. The first-order valence-corrected chi connectivity index (χ1v) is 9.35. The van der Waals surface area contributed by atoms with Crippen molar-refractivity contribution in [2.45, 2.75) is 11.8 Å². The molecule has 2 aromatic rings. The van der Waals surface area contributed by atoms with Crippen molar-refractivity contribution >= 4 is 32.2 Å². The molecule has 0 aliphatic heterocycles. The van der Waals surface area contributed by atoms with Crippen molar-refractivity contribution in [1.82, 2.24) is 4.83 Å². The molecule has 0 bridgehead atoms. The fraction of sp³-hybridized carbons (Fsp3) is 0.188. The molecule has 128 valence electrons. The second kappa shape index (κ2) is 8.16. The molecule has 0 spiro atoms. The highest BCUT2D eigenvalue weighted by Gasteiger charge is 2.12. The maximum atomic E-state index is 12.2. The molecular formula is C16H17BrN2O4S. The van der Waals surface area contributed by atoms with Crippen LogP contribution in [0.5, 0.6) is 11.5 Å². The Bertz CT molecular complexity index is 820. The molecule has 24 heavy (non-hydrogen) atoms. The van der Waals surface area contributed by atoms with Crippen molar-refractivity contribution in [2.24, 2.45) is 5.10 Å². The highest BCUT2D eigenvalue weighted by Crippen LogP contribution is 2.21. The van der Waals surface area contributed by atoms with Crippen LogP contribution in [0.2, 0.25) is 0 Å². The van der Waals surface area contributed by atoms with E-state index in [1.54, 1.807) is 24.3 Å². The summed E-state index contributed by atoms with van der Waals surface area (Å²) in [7, 11) is -2.22. The molecule has 0 aliphatic rings. The van der Waals surface area contributed by atoms with Crippen molar-refractivity contribution < 1.29 is 17.9 Å². The lowest BCUT2D eigenvalue weighted by Crippen LogP contribution is -2.18. The van der Waals surface area contributed by atoms with Crippen LogP contribution in [-0.4, -0.2) is 28.3 Å². The lowest BCUT2D eigenvalue weighted by Gasteiger charge is -2.07. The van der Waals surface area contributed by atoms with E-state index in [1.165, 1.54) is 25.5 Å². The second-order valence-electron chi connectivity index (χ2n) is 4.64. The molecule has 0 atom stereocenters. The molecule has 0 aromatic heterocycles. The first kappa shape index (κ1) is 18.3. The quantitative estimate of drug-likeness (QED) is 0.559. The molecular weight excluding hydrogens is 396 g/mol. The Kier molecular flexibility index (Phi) is 6.22. The smallest absolute Gasteiger partial charge is 0.276 e. The number of sulfonamides is 1. The predicted molar refractivity (Wildman–Crippen MR) is 96.2 cm³/mol. The van der Waals surface area contributed by atoms with Gasteiger partial charge in [0.05, 0.1) is 24.8 Å². The maximum Gasteiger partial charge on any atom is 0.276 e. The van der Waals surface area contributed by atoms with E-state index in [0.29, 0.717) is 23.7 Å². The van der Waals surface area contributed by atoms with Crippen LogP contribution in [0.1, 0.15) is 12.5 Å². The second-order valence-corrected chi connectivity index (χ2v) is 7.22. The van der Waals surface area contributed by atoms with Gasteiger partial charge in [0.1, 0.15) is 11.5 Å². The molecule has 0 unspecified atom stereocenters. The molecule has 8 heteroatoms. The topological polar surface area (TPSA) is 77.0 Å². The van der Waals surface area contributed by atoms with Crippen LogP contribution in [0.25, 0.3) is 0 Å². The Morgan fingerprint density at radius 3 is 2.54 bits per heavy atom. The monoisotopic (exact) mass is 412 g/mol. The Morgan fingerprint density at radius 1 is 1.21 bits per heavy atom. The number of hydrogen-bond acceptors (Lipinski definition) is 5. The molecule has 0 saturated heterocycles. The van der Waals surface area contributed by atoms with Gasteiger partial charge in [-0.3, -0.25) is 0 Å². The molecule has 0 aliphatic carbocycles. The lowest BCUT2D eigenvalue weighted by atomic mass is 10.2. The SMILES string of the molecule is CCOc1ccc(S(=O)(=O)N/N=C/c2cc(Br)ccc2OC)cc1. The summed E-state index contributed by atoms with van der Waals surface area (Å²) < 4.78 is 35.7. The number of methoxy groups -OCH3 is 1. The third-order valence-corrected chi connectivity index (χ3v) is 4.75. The summed E-state index contributed by atoms with van der Waals surface area (Å²) in [4.78, 5) is 2.28. The van der Waals surface area contributed by atoms with Crippen molar-refractivity contribution in [3.05, 3.63) is 52.5 Å². The number of halogens is 1. The Hall–Kier alpha value is -2.06. The van der Waals surface area contributed by atoms with Gasteiger partial charge in [-0.15, -0.1) is 0 Å². The summed E-state index contributed by atoms with van der Waals surface area (Å²) >= 11 is 3.35. The largest absolute Gasteiger partial charge is 0.496 e. The number of ether oxygens (including phenoxy) is 2. The van der Waals surface area contributed by atoms with E-state index in [2.05, 4.69) is 25.9 Å². The zero-order valence-electron chi connectivity index (χ0n) is 13.2. The fourth-order valence-corrected chi connectivity index (χ4v) is 3.08. The molecule has 0 fully saturated rings. The van der Waals surface area contributed by atoms with Crippen LogP contribution in [0.15, 0.2) is 56.9 Å². The van der Waals surface area contributed by atoms with Gasteiger partial charge in [0, 0.05) is 10.0 Å². The number of rotatable bonds is 7. The number of nitrogens with one attached hydrogen (secondary N) is 1. The Balaban J connectivity index is 2.13. The van der Waals surface area contributed by atoms with Crippen LogP contribution >= 0.6 is 15.9 Å². The van der Waals surface area contributed by atoms with E-state index < -0.39 is 10.0 Å². The van der Waals surface area contributed by atoms with E-state index in [-0.39, 0.29) is 4.90 Å². The first-order valence-electron chi connectivity index (χ1n) is 7.07. The normalized spacial score (nSPS) is 11.5. The summed E-state index contributed by atoms with van der Waals surface area (Å²) in [6.07, 6.45) is 1.38. The minimum Gasteiger partial charge on any atom is -0.496 e. The van der Waals surface area contributed by atoms with Gasteiger partial charge in [-0.25, -0.2) is 4.83 Å². The van der Waals surface area contributed by atoms with Crippen LogP contribution in [0.4, 0.5) is 0 Å². The van der Waals surface area contributed by atoms with Crippen molar-refractivity contribution in [1.29, 1.82) is 0 Å². The summed E-state index contributed by atoms with van der Waals surface area (Å²) in [6.45, 7) is 2.38. The van der Waals surface area contributed by atoms with Crippen molar-refractivity contribution in [2.75, 3.05) is 13.7 Å². The third kappa shape index (κ3) is 4.72. The maximum absolute atomic E-state index is 12.2. The Morgan fingerprint density at radius 2 is 1.92 bits per heavy atom. The molecule has 2 rings (SSSR count). The predicted octanol–water partition coefficient (Wildman–Crippen LogP) is 3.17. The Labute approximate surface area is 149 Å². The molecule has 2 aromatic carbocycles. The van der Waals surface area contributed by atoms with Gasteiger partial charge in [-0.2, -0.15) is 13.5 Å². The van der Waals surface area contributed by atoms with Gasteiger partial charge in [-0.05, 0) is 49.4 Å². The molecule has 0 saturated carbocycles. The van der Waals surface area contributed by atoms with Crippen LogP contribution in [-0.2, 0) is 10.0 Å². The van der Waals surface area contributed by atoms with E-state index in [0.717, 1.165) is 4.47 Å². The van der Waals surface area contributed by atoms with Gasteiger partial charge in [0.15, 0.2) is 0 Å². The average molecular weight is 413 g/mol. The molecule has 0 amide bonds. The molecule has 1 N–H and O–H groups in total. The number of benzene rings is 2. The molecule has 0 radical (unpaired) electrons. The van der Waals surface area contributed by atoms with E-state index >= 15 is 0 Å². The van der Waals surface area contributed by atoms with Gasteiger partial charge in [0.2, 0.25) is 0 Å². The minimum atomic E-state index is -3.75. The van der Waals surface area contributed by atoms with Gasteiger partial charge >= 0.3 is 0 Å². The molecule has 6 nitrogen and oxygen atoms in total. The minimum absolute atomic E-state index is 0.101. The molecule has 0 heterocycles. The van der Waals surface area contributed by atoms with Gasteiger partial charge in [-0.1, -0.05) is 15.9 Å². The van der Waals surface area contributed by atoms with Gasteiger partial charge < -0.3 is 9.47 Å². The highest BCUT2D eigenvalue weighted by atomic mass is 79.9.